The van der Waals surface area contributed by atoms with Gasteiger partial charge in [0.05, 0.1) is 28.8 Å². The molecule has 0 saturated carbocycles. The number of thioether (sulfide) groups is 1. The molecular formula is C23H23BrN2O5S. The topological polar surface area (TPSA) is 86.2 Å². The number of carbonyl (C=O) groups is 2. The molecule has 3 rings (SSSR count). The van der Waals surface area contributed by atoms with Gasteiger partial charge in [0.25, 0.3) is 5.91 Å². The summed E-state index contributed by atoms with van der Waals surface area (Å²) in [4.78, 5) is 28.9. The molecule has 168 valence electrons. The van der Waals surface area contributed by atoms with Gasteiger partial charge in [-0.05, 0) is 82.5 Å². The molecule has 0 bridgehead atoms. The molecule has 0 aromatic heterocycles. The monoisotopic (exact) mass is 518 g/mol. The minimum absolute atomic E-state index is 0.223. The number of aliphatic imine (C=N–C) groups is 1. The molecule has 9 heteroatoms. The fraction of sp³-hybridized carbons (Fsp3) is 0.261. The Hall–Kier alpha value is -2.78. The second-order valence-corrected chi connectivity index (χ2v) is 8.51. The third-order valence-electron chi connectivity index (χ3n) is 4.42. The van der Waals surface area contributed by atoms with E-state index < -0.39 is 5.97 Å². The van der Waals surface area contributed by atoms with Gasteiger partial charge in [-0.3, -0.25) is 4.79 Å². The lowest BCUT2D eigenvalue weighted by Crippen LogP contribution is -2.19. The van der Waals surface area contributed by atoms with Crippen LogP contribution >= 0.6 is 27.7 Å². The Morgan fingerprint density at radius 3 is 2.59 bits per heavy atom. The van der Waals surface area contributed by atoms with E-state index in [1.165, 1.54) is 24.4 Å². The number of nitrogens with zero attached hydrogens (tertiary/aromatic N) is 1. The molecule has 1 aliphatic rings. The van der Waals surface area contributed by atoms with Gasteiger partial charge in [-0.1, -0.05) is 19.1 Å². The number of halogens is 1. The van der Waals surface area contributed by atoms with Crippen molar-refractivity contribution in [3.63, 3.8) is 0 Å². The number of amides is 1. The zero-order valence-corrected chi connectivity index (χ0v) is 20.3. The quantitative estimate of drug-likeness (QED) is 0.396. The van der Waals surface area contributed by atoms with Crippen molar-refractivity contribution >= 4 is 56.5 Å². The maximum atomic E-state index is 12.5. The van der Waals surface area contributed by atoms with Crippen molar-refractivity contribution < 1.29 is 23.8 Å². The first-order chi connectivity index (χ1) is 15.4. The lowest BCUT2D eigenvalue weighted by atomic mass is 10.2. The molecule has 1 N–H and O–H groups in total. The molecule has 1 amide bonds. The molecule has 2 aromatic rings. The van der Waals surface area contributed by atoms with Gasteiger partial charge >= 0.3 is 5.97 Å². The van der Waals surface area contributed by atoms with Crippen molar-refractivity contribution in [3.05, 3.63) is 56.9 Å². The third-order valence-corrected chi connectivity index (χ3v) is 5.92. The van der Waals surface area contributed by atoms with E-state index in [-0.39, 0.29) is 12.5 Å². The smallest absolute Gasteiger partial charge is 0.343 e. The maximum Gasteiger partial charge on any atom is 0.343 e. The molecule has 1 aliphatic heterocycles. The number of nitrogens with one attached hydrogen (secondary N) is 1. The van der Waals surface area contributed by atoms with E-state index in [9.17, 15) is 9.59 Å². The Labute approximate surface area is 199 Å². The predicted molar refractivity (Wildman–Crippen MR) is 129 cm³/mol. The summed E-state index contributed by atoms with van der Waals surface area (Å²) in [5, 5.41) is 3.31. The number of hydrogen-bond donors (Lipinski definition) is 1. The second kappa shape index (κ2) is 11.2. The molecule has 1 saturated heterocycles. The number of amidine groups is 1. The molecule has 0 spiro atoms. The van der Waals surface area contributed by atoms with Crippen LogP contribution in [0, 0.1) is 0 Å². The fourth-order valence-electron chi connectivity index (χ4n) is 2.82. The van der Waals surface area contributed by atoms with E-state index in [4.69, 9.17) is 9.47 Å². The summed E-state index contributed by atoms with van der Waals surface area (Å²) >= 11 is 4.72. The highest BCUT2D eigenvalue weighted by molar-refractivity contribution is 9.10. The van der Waals surface area contributed by atoms with Crippen LogP contribution in [0.1, 0.15) is 25.0 Å². The van der Waals surface area contributed by atoms with Crippen molar-refractivity contribution in [2.24, 2.45) is 4.99 Å². The predicted octanol–water partition coefficient (Wildman–Crippen LogP) is 4.85. The summed E-state index contributed by atoms with van der Waals surface area (Å²) < 4.78 is 16.4. The number of methoxy groups -OCH3 is 1. The van der Waals surface area contributed by atoms with E-state index in [1.807, 2.05) is 31.2 Å². The summed E-state index contributed by atoms with van der Waals surface area (Å²) in [6.07, 6.45) is 2.71. The Kier molecular flexibility index (Phi) is 8.35. The average molecular weight is 519 g/mol. The molecule has 1 heterocycles. The Morgan fingerprint density at radius 2 is 1.94 bits per heavy atom. The lowest BCUT2D eigenvalue weighted by molar-refractivity contribution is -0.142. The van der Waals surface area contributed by atoms with Crippen LogP contribution in [-0.4, -0.2) is 37.4 Å². The summed E-state index contributed by atoms with van der Waals surface area (Å²) in [6, 6.07) is 11.4. The van der Waals surface area contributed by atoms with Crippen LogP contribution in [0.15, 0.2) is 50.8 Å². The number of ether oxygens (including phenoxy) is 3. The number of esters is 1. The summed E-state index contributed by atoms with van der Waals surface area (Å²) in [6.45, 7) is 4.11. The Balaban J connectivity index is 1.82. The average Bonchev–Trinajstić information content (AvgIpc) is 3.12. The number of benzene rings is 2. The van der Waals surface area contributed by atoms with Gasteiger partial charge in [0, 0.05) is 0 Å². The highest BCUT2D eigenvalue weighted by Crippen LogP contribution is 2.38. The summed E-state index contributed by atoms with van der Waals surface area (Å²) in [5.74, 6) is 0.117. The zero-order valence-electron chi connectivity index (χ0n) is 17.9. The molecular weight excluding hydrogens is 496 g/mol. The molecule has 0 unspecified atom stereocenters. The summed E-state index contributed by atoms with van der Waals surface area (Å²) in [7, 11) is 1.29. The lowest BCUT2D eigenvalue weighted by Gasteiger charge is -2.14. The minimum atomic E-state index is -0.499. The number of aryl methyl sites for hydroxylation is 1. The molecule has 0 atom stereocenters. The van der Waals surface area contributed by atoms with Crippen molar-refractivity contribution in [1.29, 1.82) is 0 Å². The van der Waals surface area contributed by atoms with Gasteiger partial charge in [0.15, 0.2) is 23.3 Å². The molecule has 32 heavy (non-hydrogen) atoms. The largest absolute Gasteiger partial charge is 0.490 e. The van der Waals surface area contributed by atoms with Crippen molar-refractivity contribution in [3.8, 4) is 11.5 Å². The van der Waals surface area contributed by atoms with E-state index in [0.29, 0.717) is 32.7 Å². The van der Waals surface area contributed by atoms with Crippen LogP contribution in [0.4, 0.5) is 5.69 Å². The van der Waals surface area contributed by atoms with Crippen LogP contribution in [0.2, 0.25) is 0 Å². The van der Waals surface area contributed by atoms with Gasteiger partial charge in [0.1, 0.15) is 0 Å². The highest BCUT2D eigenvalue weighted by Gasteiger charge is 2.24. The zero-order chi connectivity index (χ0) is 23.1. The van der Waals surface area contributed by atoms with Crippen molar-refractivity contribution in [1.82, 2.24) is 5.32 Å². The van der Waals surface area contributed by atoms with Crippen molar-refractivity contribution in [2.45, 2.75) is 20.3 Å². The van der Waals surface area contributed by atoms with Crippen LogP contribution in [0.3, 0.4) is 0 Å². The van der Waals surface area contributed by atoms with E-state index in [2.05, 4.69) is 37.9 Å². The van der Waals surface area contributed by atoms with Gasteiger partial charge in [-0.25, -0.2) is 9.79 Å². The number of rotatable bonds is 8. The molecule has 2 aromatic carbocycles. The maximum absolute atomic E-state index is 12.5. The molecule has 0 radical (unpaired) electrons. The molecule has 1 fully saturated rings. The van der Waals surface area contributed by atoms with Gasteiger partial charge < -0.3 is 19.5 Å². The van der Waals surface area contributed by atoms with E-state index in [1.54, 1.807) is 18.2 Å². The van der Waals surface area contributed by atoms with E-state index in [0.717, 1.165) is 17.7 Å². The first-order valence-corrected chi connectivity index (χ1v) is 11.6. The number of hydrogen-bond acceptors (Lipinski definition) is 7. The Bertz CT molecular complexity index is 1070. The number of carbonyl (C=O) groups excluding carboxylic acids is 2. The fourth-order valence-corrected chi connectivity index (χ4v) is 4.24. The minimum Gasteiger partial charge on any atom is -0.490 e. The SMILES string of the molecule is CCOc1cc(/C=C2\SC(=Nc3ccc(CC)cc3)NC2=O)cc(Br)c1OCC(=O)OC. The van der Waals surface area contributed by atoms with Crippen molar-refractivity contribution in [2.75, 3.05) is 20.3 Å². The second-order valence-electron chi connectivity index (χ2n) is 6.63. The van der Waals surface area contributed by atoms with E-state index >= 15 is 0 Å². The van der Waals surface area contributed by atoms with Crippen LogP contribution in [0.25, 0.3) is 6.08 Å². The first kappa shape index (κ1) is 23.9. The summed E-state index contributed by atoms with van der Waals surface area (Å²) in [5.41, 5.74) is 2.74. The van der Waals surface area contributed by atoms with Crippen LogP contribution in [-0.2, 0) is 20.7 Å². The van der Waals surface area contributed by atoms with Gasteiger partial charge in [-0.2, -0.15) is 0 Å². The van der Waals surface area contributed by atoms with Gasteiger partial charge in [-0.15, -0.1) is 0 Å². The van der Waals surface area contributed by atoms with Crippen LogP contribution < -0.4 is 14.8 Å². The molecule has 7 nitrogen and oxygen atoms in total. The standard InChI is InChI=1S/C23H23BrN2O5S/c1-4-14-6-8-16(9-7-14)25-23-26-22(28)19(32-23)12-15-10-17(24)21(18(11-15)30-5-2)31-13-20(27)29-3/h6-12H,4-5,13H2,1-3H3,(H,25,26,28)/b19-12-. The van der Waals surface area contributed by atoms with Gasteiger partial charge in [0.2, 0.25) is 0 Å². The first-order valence-electron chi connectivity index (χ1n) is 9.98. The third kappa shape index (κ3) is 6.14. The molecule has 0 aliphatic carbocycles. The normalized spacial score (nSPS) is 15.7. The van der Waals surface area contributed by atoms with Crippen LogP contribution in [0.5, 0.6) is 11.5 Å². The Morgan fingerprint density at radius 1 is 1.19 bits per heavy atom. The highest BCUT2D eigenvalue weighted by atomic mass is 79.9.